The number of anilines is 3. The molecule has 5 nitrogen and oxygen atoms in total. The van der Waals surface area contributed by atoms with Crippen LogP contribution in [0.4, 0.5) is 17.1 Å². The molecule has 0 unspecified atom stereocenters. The van der Waals surface area contributed by atoms with Crippen LogP contribution in [-0.4, -0.2) is 15.9 Å². The smallest absolute Gasteiger partial charge is 0.276 e. The van der Waals surface area contributed by atoms with Gasteiger partial charge in [0.25, 0.3) is 5.91 Å². The summed E-state index contributed by atoms with van der Waals surface area (Å²) in [6.07, 6.45) is 3.36. The van der Waals surface area contributed by atoms with Crippen LogP contribution in [0.5, 0.6) is 0 Å². The summed E-state index contributed by atoms with van der Waals surface area (Å²) in [6, 6.07) is 14.3. The van der Waals surface area contributed by atoms with Crippen molar-refractivity contribution in [2.24, 2.45) is 0 Å². The molecule has 6 heteroatoms. The standard InChI is InChI=1S/C18H15ClN4O/c1-12-7-8-16(22-15-6-3-9-20-11-15)17(21-12)18(24)23-14-5-2-4-13(19)10-14/h2-11,22H,1H3,(H,23,24). The number of pyridine rings is 2. The maximum atomic E-state index is 12.6. The van der Waals surface area contributed by atoms with Crippen LogP contribution in [0.1, 0.15) is 16.2 Å². The molecule has 0 radical (unpaired) electrons. The average Bonchev–Trinajstić information content (AvgIpc) is 2.57. The molecule has 0 atom stereocenters. The molecule has 0 saturated heterocycles. The number of benzene rings is 1. The highest BCUT2D eigenvalue weighted by Gasteiger charge is 2.14. The Morgan fingerprint density at radius 2 is 1.92 bits per heavy atom. The van der Waals surface area contributed by atoms with Crippen LogP contribution in [0.3, 0.4) is 0 Å². The lowest BCUT2D eigenvalue weighted by molar-refractivity contribution is 0.102. The summed E-state index contributed by atoms with van der Waals surface area (Å²) in [4.78, 5) is 21.0. The second-order valence-corrected chi connectivity index (χ2v) is 5.62. The van der Waals surface area contributed by atoms with E-state index in [1.165, 1.54) is 0 Å². The number of halogens is 1. The van der Waals surface area contributed by atoms with Crippen molar-refractivity contribution in [3.63, 3.8) is 0 Å². The van der Waals surface area contributed by atoms with Gasteiger partial charge in [-0.25, -0.2) is 4.98 Å². The molecule has 1 amide bonds. The highest BCUT2D eigenvalue weighted by molar-refractivity contribution is 6.31. The first-order valence-corrected chi connectivity index (χ1v) is 7.71. The largest absolute Gasteiger partial charge is 0.352 e. The van der Waals surface area contributed by atoms with Crippen molar-refractivity contribution in [1.29, 1.82) is 0 Å². The Morgan fingerprint density at radius 1 is 1.08 bits per heavy atom. The summed E-state index contributed by atoms with van der Waals surface area (Å²) in [6.45, 7) is 1.84. The molecular formula is C18H15ClN4O. The van der Waals surface area contributed by atoms with E-state index in [9.17, 15) is 4.79 Å². The van der Waals surface area contributed by atoms with Gasteiger partial charge >= 0.3 is 0 Å². The van der Waals surface area contributed by atoms with E-state index in [0.717, 1.165) is 11.4 Å². The number of nitrogens with zero attached hydrogens (tertiary/aromatic N) is 2. The molecule has 0 aliphatic carbocycles. The maximum absolute atomic E-state index is 12.6. The summed E-state index contributed by atoms with van der Waals surface area (Å²) in [7, 11) is 0. The fraction of sp³-hybridized carbons (Fsp3) is 0.0556. The zero-order chi connectivity index (χ0) is 16.9. The van der Waals surface area contributed by atoms with Crippen molar-refractivity contribution in [2.75, 3.05) is 10.6 Å². The number of aryl methyl sites for hydroxylation is 1. The molecule has 1 aromatic carbocycles. The molecule has 0 aliphatic rings. The lowest BCUT2D eigenvalue weighted by Crippen LogP contribution is -2.16. The number of aromatic nitrogens is 2. The van der Waals surface area contributed by atoms with Crippen molar-refractivity contribution >= 4 is 34.6 Å². The van der Waals surface area contributed by atoms with E-state index >= 15 is 0 Å². The minimum Gasteiger partial charge on any atom is -0.352 e. The molecule has 0 fully saturated rings. The van der Waals surface area contributed by atoms with E-state index in [-0.39, 0.29) is 5.91 Å². The van der Waals surface area contributed by atoms with E-state index in [4.69, 9.17) is 11.6 Å². The molecule has 2 N–H and O–H groups in total. The fourth-order valence-corrected chi connectivity index (χ4v) is 2.37. The van der Waals surface area contributed by atoms with Crippen molar-refractivity contribution < 1.29 is 4.79 Å². The number of carbonyl (C=O) groups excluding carboxylic acids is 1. The van der Waals surface area contributed by atoms with Gasteiger partial charge in [-0.05, 0) is 49.4 Å². The van der Waals surface area contributed by atoms with Gasteiger partial charge in [-0.2, -0.15) is 0 Å². The van der Waals surface area contributed by atoms with Crippen molar-refractivity contribution in [3.8, 4) is 0 Å². The Kier molecular flexibility index (Phi) is 4.72. The molecule has 0 aliphatic heterocycles. The maximum Gasteiger partial charge on any atom is 0.276 e. The summed E-state index contributed by atoms with van der Waals surface area (Å²) in [5, 5.41) is 6.53. The van der Waals surface area contributed by atoms with E-state index in [2.05, 4.69) is 20.6 Å². The van der Waals surface area contributed by atoms with E-state index in [0.29, 0.717) is 22.1 Å². The Balaban J connectivity index is 1.88. The first kappa shape index (κ1) is 16.0. The third-order valence-electron chi connectivity index (χ3n) is 3.27. The summed E-state index contributed by atoms with van der Waals surface area (Å²) >= 11 is 5.95. The predicted molar refractivity (Wildman–Crippen MR) is 95.9 cm³/mol. The highest BCUT2D eigenvalue weighted by Crippen LogP contribution is 2.21. The monoisotopic (exact) mass is 338 g/mol. The lowest BCUT2D eigenvalue weighted by atomic mass is 10.2. The van der Waals surface area contributed by atoms with Crippen LogP contribution >= 0.6 is 11.6 Å². The van der Waals surface area contributed by atoms with Gasteiger partial charge in [-0.3, -0.25) is 9.78 Å². The van der Waals surface area contributed by atoms with Crippen molar-refractivity contribution in [1.82, 2.24) is 9.97 Å². The van der Waals surface area contributed by atoms with Gasteiger partial charge in [-0.15, -0.1) is 0 Å². The molecule has 0 saturated carbocycles. The molecule has 3 rings (SSSR count). The van der Waals surface area contributed by atoms with Gasteiger partial charge in [0.1, 0.15) is 0 Å². The Morgan fingerprint density at radius 3 is 2.67 bits per heavy atom. The molecule has 0 bridgehead atoms. The SMILES string of the molecule is Cc1ccc(Nc2cccnc2)c(C(=O)Nc2cccc(Cl)c2)n1. The van der Waals surface area contributed by atoms with Crippen molar-refractivity contribution in [3.05, 3.63) is 77.3 Å². The second-order valence-electron chi connectivity index (χ2n) is 5.18. The zero-order valence-corrected chi connectivity index (χ0v) is 13.7. The average molecular weight is 339 g/mol. The molecule has 3 aromatic rings. The third kappa shape index (κ3) is 3.88. The third-order valence-corrected chi connectivity index (χ3v) is 3.51. The molecule has 0 spiro atoms. The van der Waals surface area contributed by atoms with E-state index < -0.39 is 0 Å². The van der Waals surface area contributed by atoms with Crippen LogP contribution in [-0.2, 0) is 0 Å². The molecular weight excluding hydrogens is 324 g/mol. The van der Waals surface area contributed by atoms with Gasteiger partial charge in [0.15, 0.2) is 5.69 Å². The molecule has 120 valence electrons. The Labute approximate surface area is 144 Å². The van der Waals surface area contributed by atoms with Crippen LogP contribution in [0.2, 0.25) is 5.02 Å². The first-order valence-electron chi connectivity index (χ1n) is 7.33. The lowest BCUT2D eigenvalue weighted by Gasteiger charge is -2.12. The van der Waals surface area contributed by atoms with Crippen LogP contribution in [0.15, 0.2) is 60.9 Å². The predicted octanol–water partition coefficient (Wildman–Crippen LogP) is 4.43. The number of hydrogen-bond acceptors (Lipinski definition) is 4. The number of hydrogen-bond donors (Lipinski definition) is 2. The minimum absolute atomic E-state index is 0.304. The zero-order valence-electron chi connectivity index (χ0n) is 13.0. The van der Waals surface area contributed by atoms with Gasteiger partial charge in [0.05, 0.1) is 17.6 Å². The normalized spacial score (nSPS) is 10.2. The number of amides is 1. The highest BCUT2D eigenvalue weighted by atomic mass is 35.5. The number of rotatable bonds is 4. The number of carbonyl (C=O) groups is 1. The molecule has 2 heterocycles. The van der Waals surface area contributed by atoms with Gasteiger partial charge in [0.2, 0.25) is 0 Å². The number of nitrogens with one attached hydrogen (secondary N) is 2. The molecule has 24 heavy (non-hydrogen) atoms. The summed E-state index contributed by atoms with van der Waals surface area (Å²) in [5.41, 5.74) is 3.05. The van der Waals surface area contributed by atoms with Gasteiger partial charge < -0.3 is 10.6 Å². The van der Waals surface area contributed by atoms with Gasteiger partial charge in [-0.1, -0.05) is 17.7 Å². The Hall–Kier alpha value is -2.92. The van der Waals surface area contributed by atoms with Crippen LogP contribution in [0, 0.1) is 6.92 Å². The fourth-order valence-electron chi connectivity index (χ4n) is 2.18. The van der Waals surface area contributed by atoms with Crippen LogP contribution < -0.4 is 10.6 Å². The second kappa shape index (κ2) is 7.10. The van der Waals surface area contributed by atoms with E-state index in [1.54, 1.807) is 36.7 Å². The molecule has 2 aromatic heterocycles. The van der Waals surface area contributed by atoms with E-state index in [1.807, 2.05) is 31.2 Å². The quantitative estimate of drug-likeness (QED) is 0.738. The van der Waals surface area contributed by atoms with Crippen molar-refractivity contribution in [2.45, 2.75) is 6.92 Å². The van der Waals surface area contributed by atoms with Crippen LogP contribution in [0.25, 0.3) is 0 Å². The minimum atomic E-state index is -0.313. The first-order chi connectivity index (χ1) is 11.6. The topological polar surface area (TPSA) is 66.9 Å². The Bertz CT molecular complexity index is 868. The van der Waals surface area contributed by atoms with Gasteiger partial charge in [0, 0.05) is 22.6 Å². The summed E-state index contributed by atoms with van der Waals surface area (Å²) in [5.74, 6) is -0.313. The summed E-state index contributed by atoms with van der Waals surface area (Å²) < 4.78 is 0.